The number of aldehydes is 1. The summed E-state index contributed by atoms with van der Waals surface area (Å²) in [6, 6.07) is 0. The maximum absolute atomic E-state index is 10.9. The second-order valence-corrected chi connectivity index (χ2v) is 5.34. The van der Waals surface area contributed by atoms with Gasteiger partial charge in [-0.05, 0) is 38.5 Å². The van der Waals surface area contributed by atoms with Crippen LogP contribution < -0.4 is 0 Å². The summed E-state index contributed by atoms with van der Waals surface area (Å²) in [4.78, 5) is 21.2. The highest BCUT2D eigenvalue weighted by molar-refractivity contribution is 5.66. The summed E-state index contributed by atoms with van der Waals surface area (Å²) in [7, 11) is 0. The molecule has 2 aliphatic heterocycles. The number of carboxylic acid groups (broad SMARTS) is 1. The zero-order chi connectivity index (χ0) is 13.0. The third-order valence-electron chi connectivity index (χ3n) is 3.96. The minimum absolute atomic E-state index is 0.0826. The molecule has 2 fully saturated rings. The zero-order valence-corrected chi connectivity index (χ0v) is 10.5. The van der Waals surface area contributed by atoms with E-state index >= 15 is 0 Å². The van der Waals surface area contributed by atoms with E-state index in [2.05, 4.69) is 6.08 Å². The lowest BCUT2D eigenvalue weighted by Gasteiger charge is -2.23. The molecule has 2 aliphatic rings. The van der Waals surface area contributed by atoms with Crippen LogP contribution in [0.4, 0.5) is 0 Å². The average molecular weight is 252 g/mol. The second kappa shape index (κ2) is 5.65. The number of ether oxygens (including phenoxy) is 1. The third-order valence-corrected chi connectivity index (χ3v) is 3.96. The molecule has 2 saturated heterocycles. The number of carbonyl (C=O) groups excluding carboxylic acids is 1. The second-order valence-electron chi connectivity index (χ2n) is 5.34. The van der Waals surface area contributed by atoms with Crippen LogP contribution in [0.2, 0.25) is 0 Å². The molecule has 2 bridgehead atoms. The quantitative estimate of drug-likeness (QED) is 0.429. The summed E-state index contributed by atoms with van der Waals surface area (Å²) in [5, 5.41) is 8.51. The minimum atomic E-state index is -0.742. The molecule has 18 heavy (non-hydrogen) atoms. The lowest BCUT2D eigenvalue weighted by molar-refractivity contribution is -0.137. The first kappa shape index (κ1) is 13.3. The maximum Gasteiger partial charge on any atom is 0.303 e. The Kier molecular flexibility index (Phi) is 4.17. The molecule has 1 N–H and O–H groups in total. The van der Waals surface area contributed by atoms with E-state index in [0.29, 0.717) is 6.42 Å². The zero-order valence-electron chi connectivity index (χ0n) is 10.5. The number of unbranched alkanes of at least 4 members (excludes halogenated alkanes) is 1. The predicted octanol–water partition coefficient (Wildman–Crippen LogP) is 2.32. The lowest BCUT2D eigenvalue weighted by atomic mass is 9.80. The summed E-state index contributed by atoms with van der Waals surface area (Å²) in [5.74, 6) is -0.660. The molecule has 2 heterocycles. The van der Waals surface area contributed by atoms with E-state index in [0.717, 1.165) is 38.4 Å². The van der Waals surface area contributed by atoms with Crippen molar-refractivity contribution in [3.8, 4) is 0 Å². The van der Waals surface area contributed by atoms with Crippen molar-refractivity contribution in [2.45, 2.75) is 56.7 Å². The SMILES string of the molecule is O=C[C@@H]1C[C@]2(CC=CCCCC(=O)O)CC[C@H]1O2. The number of hydrogen-bond acceptors (Lipinski definition) is 3. The Bertz CT molecular complexity index is 350. The van der Waals surface area contributed by atoms with Gasteiger partial charge in [0.1, 0.15) is 6.29 Å². The van der Waals surface area contributed by atoms with E-state index in [1.165, 1.54) is 0 Å². The van der Waals surface area contributed by atoms with E-state index in [-0.39, 0.29) is 24.0 Å². The van der Waals surface area contributed by atoms with Crippen LogP contribution in [0.15, 0.2) is 12.2 Å². The van der Waals surface area contributed by atoms with E-state index < -0.39 is 5.97 Å². The lowest BCUT2D eigenvalue weighted by Crippen LogP contribution is -2.26. The molecule has 0 aromatic heterocycles. The topological polar surface area (TPSA) is 63.6 Å². The molecular weight excluding hydrogens is 232 g/mol. The molecule has 100 valence electrons. The van der Waals surface area contributed by atoms with Gasteiger partial charge in [-0.3, -0.25) is 4.79 Å². The highest BCUT2D eigenvalue weighted by atomic mass is 16.5. The number of fused-ring (bicyclic) bond motifs is 2. The van der Waals surface area contributed by atoms with Crippen LogP contribution in [0, 0.1) is 5.92 Å². The Labute approximate surface area is 107 Å². The van der Waals surface area contributed by atoms with Crippen LogP contribution in [0.3, 0.4) is 0 Å². The molecule has 0 aromatic rings. The first-order valence-corrected chi connectivity index (χ1v) is 6.65. The largest absolute Gasteiger partial charge is 0.481 e. The third kappa shape index (κ3) is 2.99. The maximum atomic E-state index is 10.9. The highest BCUT2D eigenvalue weighted by Gasteiger charge is 2.50. The minimum Gasteiger partial charge on any atom is -0.481 e. The molecule has 4 nitrogen and oxygen atoms in total. The Hall–Kier alpha value is -1.16. The summed E-state index contributed by atoms with van der Waals surface area (Å²) >= 11 is 0. The molecule has 0 spiro atoms. The van der Waals surface area contributed by atoms with Crippen LogP contribution in [-0.4, -0.2) is 29.1 Å². The molecule has 2 rings (SSSR count). The van der Waals surface area contributed by atoms with Gasteiger partial charge in [0, 0.05) is 12.3 Å². The number of carbonyl (C=O) groups is 2. The van der Waals surface area contributed by atoms with Crippen LogP contribution in [0.5, 0.6) is 0 Å². The molecular formula is C14H20O4. The van der Waals surface area contributed by atoms with E-state index in [1.807, 2.05) is 6.08 Å². The highest BCUT2D eigenvalue weighted by Crippen LogP contribution is 2.48. The Morgan fingerprint density at radius 2 is 2.28 bits per heavy atom. The van der Waals surface area contributed by atoms with Crippen molar-refractivity contribution in [2.24, 2.45) is 5.92 Å². The van der Waals surface area contributed by atoms with Gasteiger partial charge in [-0.25, -0.2) is 0 Å². The van der Waals surface area contributed by atoms with E-state index in [1.54, 1.807) is 0 Å². The summed E-state index contributed by atoms with van der Waals surface area (Å²) in [5.41, 5.74) is -0.112. The van der Waals surface area contributed by atoms with Crippen LogP contribution >= 0.6 is 0 Å². The monoisotopic (exact) mass is 252 g/mol. The van der Waals surface area contributed by atoms with Crippen molar-refractivity contribution in [2.75, 3.05) is 0 Å². The van der Waals surface area contributed by atoms with Crippen LogP contribution in [0.1, 0.15) is 44.9 Å². The fraction of sp³-hybridized carbons (Fsp3) is 0.714. The van der Waals surface area contributed by atoms with Gasteiger partial charge in [-0.2, -0.15) is 0 Å². The predicted molar refractivity (Wildman–Crippen MR) is 66.3 cm³/mol. The summed E-state index contributed by atoms with van der Waals surface area (Å²) < 4.78 is 5.93. The molecule has 0 aliphatic carbocycles. The molecule has 0 amide bonds. The van der Waals surface area contributed by atoms with Crippen LogP contribution in [0.25, 0.3) is 0 Å². The Morgan fingerprint density at radius 3 is 2.94 bits per heavy atom. The van der Waals surface area contributed by atoms with Crippen molar-refractivity contribution >= 4 is 12.3 Å². The number of hydrogen-bond donors (Lipinski definition) is 1. The first-order valence-electron chi connectivity index (χ1n) is 6.65. The number of rotatable bonds is 7. The van der Waals surface area contributed by atoms with Crippen LogP contribution in [-0.2, 0) is 14.3 Å². The fourth-order valence-electron chi connectivity index (χ4n) is 3.01. The molecule has 0 unspecified atom stereocenters. The summed E-state index contributed by atoms with van der Waals surface area (Å²) in [6.07, 6.45) is 10.7. The van der Waals surface area contributed by atoms with Crippen molar-refractivity contribution in [1.29, 1.82) is 0 Å². The molecule has 0 aromatic carbocycles. The van der Waals surface area contributed by atoms with E-state index in [4.69, 9.17) is 9.84 Å². The number of carboxylic acids is 1. The van der Waals surface area contributed by atoms with Gasteiger partial charge in [-0.15, -0.1) is 0 Å². The smallest absolute Gasteiger partial charge is 0.303 e. The molecule has 0 saturated carbocycles. The summed E-state index contributed by atoms with van der Waals surface area (Å²) in [6.45, 7) is 0. The molecule has 3 atom stereocenters. The number of aliphatic carboxylic acids is 1. The van der Waals surface area contributed by atoms with Crippen molar-refractivity contribution in [3.05, 3.63) is 12.2 Å². The van der Waals surface area contributed by atoms with Gasteiger partial charge in [0.15, 0.2) is 0 Å². The standard InChI is InChI=1S/C14H20O4/c15-10-11-9-14(8-6-12(11)18-14)7-4-2-1-3-5-13(16)17/h2,4,10-12H,1,3,5-9H2,(H,16,17)/t11-,12+,14-/m0/s1. The van der Waals surface area contributed by atoms with Gasteiger partial charge in [-0.1, -0.05) is 12.2 Å². The molecule has 0 radical (unpaired) electrons. The number of allylic oxidation sites excluding steroid dienone is 1. The van der Waals surface area contributed by atoms with E-state index in [9.17, 15) is 9.59 Å². The average Bonchev–Trinajstić information content (AvgIpc) is 2.91. The van der Waals surface area contributed by atoms with Gasteiger partial charge < -0.3 is 14.6 Å². The molecule has 4 heteroatoms. The Balaban J connectivity index is 1.72. The Morgan fingerprint density at radius 1 is 1.44 bits per heavy atom. The van der Waals surface area contributed by atoms with Gasteiger partial charge in [0.25, 0.3) is 0 Å². The fourth-order valence-corrected chi connectivity index (χ4v) is 3.01. The van der Waals surface area contributed by atoms with Gasteiger partial charge in [0.05, 0.1) is 11.7 Å². The van der Waals surface area contributed by atoms with Crippen molar-refractivity contribution in [1.82, 2.24) is 0 Å². The normalized spacial score (nSPS) is 34.2. The van der Waals surface area contributed by atoms with Crippen molar-refractivity contribution in [3.63, 3.8) is 0 Å². The first-order chi connectivity index (χ1) is 8.65. The van der Waals surface area contributed by atoms with Gasteiger partial charge in [0.2, 0.25) is 0 Å². The van der Waals surface area contributed by atoms with Crippen molar-refractivity contribution < 1.29 is 19.4 Å². The van der Waals surface area contributed by atoms with Gasteiger partial charge >= 0.3 is 5.97 Å².